The number of para-hydroxylation sites is 1. The summed E-state index contributed by atoms with van der Waals surface area (Å²) in [5, 5.41) is 4.69. The Kier molecular flexibility index (Phi) is 3.73. The molecule has 4 rings (SSSR count). The minimum absolute atomic E-state index is 0.379. The molecule has 2 heterocycles. The first kappa shape index (κ1) is 15.1. The second kappa shape index (κ2) is 5.91. The summed E-state index contributed by atoms with van der Waals surface area (Å²) in [6.07, 6.45) is 3.43. The summed E-state index contributed by atoms with van der Waals surface area (Å²) in [5.74, 6) is 0.607. The number of benzene rings is 1. The van der Waals surface area contributed by atoms with E-state index in [1.165, 1.54) is 11.0 Å². The lowest BCUT2D eigenvalue weighted by Crippen LogP contribution is -2.31. The largest absolute Gasteiger partial charge is 0.367 e. The molecule has 0 saturated heterocycles. The number of rotatable bonds is 3. The lowest BCUT2D eigenvalue weighted by atomic mass is 9.93. The van der Waals surface area contributed by atoms with Gasteiger partial charge in [-0.15, -0.1) is 0 Å². The fourth-order valence-corrected chi connectivity index (χ4v) is 3.12. The van der Waals surface area contributed by atoms with Gasteiger partial charge in [0.05, 0.1) is 16.1 Å². The predicted molar refractivity (Wildman–Crippen MR) is 96.1 cm³/mol. The monoisotopic (exact) mass is 340 g/mol. The number of fused-ring (bicyclic) bond motifs is 1. The molecule has 1 aromatic carbocycles. The second-order valence-electron chi connectivity index (χ2n) is 6.13. The smallest absolute Gasteiger partial charge is 0.355 e. The van der Waals surface area contributed by atoms with Crippen molar-refractivity contribution < 1.29 is 0 Å². The van der Waals surface area contributed by atoms with Gasteiger partial charge in [0.2, 0.25) is 0 Å². The Morgan fingerprint density at radius 3 is 2.67 bits per heavy atom. The molecule has 122 valence electrons. The molecular weight excluding hydrogens is 324 g/mol. The van der Waals surface area contributed by atoms with E-state index in [2.05, 4.69) is 15.3 Å². The molecule has 5 nitrogen and oxygen atoms in total. The zero-order valence-electron chi connectivity index (χ0n) is 13.3. The zero-order valence-corrected chi connectivity index (χ0v) is 14.0. The van der Waals surface area contributed by atoms with Gasteiger partial charge in [0, 0.05) is 11.7 Å². The van der Waals surface area contributed by atoms with Crippen LogP contribution in [0.4, 0.5) is 5.82 Å². The highest BCUT2D eigenvalue weighted by atomic mass is 35.5. The average molecular weight is 341 g/mol. The van der Waals surface area contributed by atoms with Crippen molar-refractivity contribution in [3.05, 3.63) is 57.6 Å². The van der Waals surface area contributed by atoms with Gasteiger partial charge in [-0.2, -0.15) is 4.98 Å². The number of hydrogen-bond acceptors (Lipinski definition) is 4. The summed E-state index contributed by atoms with van der Waals surface area (Å²) < 4.78 is 1.48. The number of pyridine rings is 1. The Balaban J connectivity index is 1.99. The normalized spacial score (nSPS) is 14.6. The second-order valence-corrected chi connectivity index (χ2v) is 6.53. The summed E-state index contributed by atoms with van der Waals surface area (Å²) in [5.41, 5.74) is 1.62. The van der Waals surface area contributed by atoms with Crippen molar-refractivity contribution in [3.63, 3.8) is 0 Å². The van der Waals surface area contributed by atoms with Crippen LogP contribution in [0.5, 0.6) is 0 Å². The van der Waals surface area contributed by atoms with Crippen molar-refractivity contribution in [2.75, 3.05) is 5.32 Å². The van der Waals surface area contributed by atoms with Crippen LogP contribution >= 0.6 is 11.6 Å². The lowest BCUT2D eigenvalue weighted by Gasteiger charge is -2.27. The van der Waals surface area contributed by atoms with Crippen LogP contribution < -0.4 is 11.0 Å². The Labute approximate surface area is 144 Å². The van der Waals surface area contributed by atoms with Crippen LogP contribution in [-0.2, 0) is 0 Å². The van der Waals surface area contributed by atoms with Crippen molar-refractivity contribution >= 4 is 28.5 Å². The summed E-state index contributed by atoms with van der Waals surface area (Å²) in [6, 6.07) is 11.5. The van der Waals surface area contributed by atoms with Gasteiger partial charge >= 0.3 is 5.69 Å². The number of aromatic nitrogens is 3. The minimum atomic E-state index is -0.379. The van der Waals surface area contributed by atoms with Crippen LogP contribution in [0.15, 0.2) is 41.2 Å². The third-order valence-corrected chi connectivity index (χ3v) is 4.74. The molecular formula is C18H17ClN4O. The molecule has 1 saturated carbocycles. The van der Waals surface area contributed by atoms with Gasteiger partial charge in [0.15, 0.2) is 5.65 Å². The van der Waals surface area contributed by atoms with Crippen molar-refractivity contribution in [3.8, 4) is 5.69 Å². The number of halogens is 1. The first-order valence-electron chi connectivity index (χ1n) is 8.05. The standard InChI is InChI=1S/C18H17ClN4O/c1-11-9-10-13-16(21-12-5-4-6-12)22-18(24)23(17(13)20-11)15-8-3-2-7-14(15)19/h2-3,7-10,12H,4-6H2,1H3,(H,21,22,24). The highest BCUT2D eigenvalue weighted by molar-refractivity contribution is 6.32. The molecule has 0 amide bonds. The van der Waals surface area contributed by atoms with Gasteiger partial charge in [-0.25, -0.2) is 14.3 Å². The summed E-state index contributed by atoms with van der Waals surface area (Å²) in [6.45, 7) is 1.90. The summed E-state index contributed by atoms with van der Waals surface area (Å²) >= 11 is 6.30. The predicted octanol–water partition coefficient (Wildman–Crippen LogP) is 3.71. The lowest BCUT2D eigenvalue weighted by molar-refractivity contribution is 0.444. The average Bonchev–Trinajstić information content (AvgIpc) is 2.52. The van der Waals surface area contributed by atoms with Crippen molar-refractivity contribution in [1.29, 1.82) is 0 Å². The molecule has 6 heteroatoms. The maximum atomic E-state index is 12.7. The Bertz CT molecular complexity index is 978. The first-order valence-corrected chi connectivity index (χ1v) is 8.43. The number of hydrogen-bond donors (Lipinski definition) is 1. The maximum Gasteiger partial charge on any atom is 0.355 e. The molecule has 1 fully saturated rings. The quantitative estimate of drug-likeness (QED) is 0.789. The highest BCUT2D eigenvalue weighted by Gasteiger charge is 2.21. The molecule has 24 heavy (non-hydrogen) atoms. The van der Waals surface area contributed by atoms with E-state index in [1.54, 1.807) is 12.1 Å². The van der Waals surface area contributed by atoms with Crippen LogP contribution in [0, 0.1) is 6.92 Å². The molecule has 0 spiro atoms. The Hall–Kier alpha value is -2.40. The molecule has 0 bridgehead atoms. The molecule has 0 atom stereocenters. The molecule has 0 unspecified atom stereocenters. The number of nitrogens with one attached hydrogen (secondary N) is 1. The van der Waals surface area contributed by atoms with Crippen LogP contribution in [0.25, 0.3) is 16.7 Å². The fourth-order valence-electron chi connectivity index (χ4n) is 2.90. The molecule has 0 radical (unpaired) electrons. The molecule has 1 aliphatic carbocycles. The minimum Gasteiger partial charge on any atom is -0.367 e. The van der Waals surface area contributed by atoms with Crippen LogP contribution in [0.1, 0.15) is 25.0 Å². The SMILES string of the molecule is Cc1ccc2c(NC3CCC3)nc(=O)n(-c3ccccc3Cl)c2n1. The van der Waals surface area contributed by atoms with Gasteiger partial charge < -0.3 is 5.32 Å². The summed E-state index contributed by atoms with van der Waals surface area (Å²) in [4.78, 5) is 21.6. The molecule has 2 aromatic heterocycles. The maximum absolute atomic E-state index is 12.7. The van der Waals surface area contributed by atoms with E-state index in [0.29, 0.717) is 28.2 Å². The number of nitrogens with zero attached hydrogens (tertiary/aromatic N) is 3. The van der Waals surface area contributed by atoms with Crippen LogP contribution in [0.3, 0.4) is 0 Å². The van der Waals surface area contributed by atoms with E-state index in [4.69, 9.17) is 11.6 Å². The molecule has 1 aliphatic rings. The molecule has 0 aliphatic heterocycles. The topological polar surface area (TPSA) is 59.8 Å². The van der Waals surface area contributed by atoms with Crippen molar-refractivity contribution in [2.45, 2.75) is 32.2 Å². The Morgan fingerprint density at radius 2 is 1.96 bits per heavy atom. The number of anilines is 1. The van der Waals surface area contributed by atoms with Gasteiger partial charge in [-0.3, -0.25) is 0 Å². The zero-order chi connectivity index (χ0) is 16.7. The summed E-state index contributed by atoms with van der Waals surface area (Å²) in [7, 11) is 0. The van der Waals surface area contributed by atoms with E-state index in [1.807, 2.05) is 31.2 Å². The Morgan fingerprint density at radius 1 is 1.17 bits per heavy atom. The van der Waals surface area contributed by atoms with E-state index in [-0.39, 0.29) is 5.69 Å². The van der Waals surface area contributed by atoms with Crippen molar-refractivity contribution in [2.24, 2.45) is 0 Å². The third-order valence-electron chi connectivity index (χ3n) is 4.42. The van der Waals surface area contributed by atoms with E-state index in [9.17, 15) is 4.79 Å². The van der Waals surface area contributed by atoms with Gasteiger partial charge in [-0.1, -0.05) is 23.7 Å². The van der Waals surface area contributed by atoms with Gasteiger partial charge in [-0.05, 0) is 50.5 Å². The first-order chi connectivity index (χ1) is 11.6. The van der Waals surface area contributed by atoms with E-state index in [0.717, 1.165) is 23.9 Å². The highest BCUT2D eigenvalue weighted by Crippen LogP contribution is 2.28. The number of aryl methyl sites for hydroxylation is 1. The fraction of sp³-hybridized carbons (Fsp3) is 0.278. The van der Waals surface area contributed by atoms with E-state index >= 15 is 0 Å². The molecule has 3 aromatic rings. The van der Waals surface area contributed by atoms with Crippen LogP contribution in [-0.4, -0.2) is 20.6 Å². The van der Waals surface area contributed by atoms with Gasteiger partial charge in [0.25, 0.3) is 0 Å². The molecule has 1 N–H and O–H groups in total. The van der Waals surface area contributed by atoms with E-state index < -0.39 is 0 Å². The van der Waals surface area contributed by atoms with Crippen LogP contribution in [0.2, 0.25) is 5.02 Å². The third kappa shape index (κ3) is 2.55. The van der Waals surface area contributed by atoms with Gasteiger partial charge in [0.1, 0.15) is 5.82 Å². The van der Waals surface area contributed by atoms with Crippen molar-refractivity contribution in [1.82, 2.24) is 14.5 Å².